The van der Waals surface area contributed by atoms with Gasteiger partial charge in [0.05, 0.1) is 19.0 Å². The van der Waals surface area contributed by atoms with Crippen LogP contribution in [0, 0.1) is 6.92 Å². The maximum atomic E-state index is 11.9. The van der Waals surface area contributed by atoms with Crippen LogP contribution in [0.25, 0.3) is 0 Å². The molecule has 0 aliphatic carbocycles. The van der Waals surface area contributed by atoms with E-state index in [9.17, 15) is 19.2 Å². The molecule has 1 N–H and O–H groups in total. The summed E-state index contributed by atoms with van der Waals surface area (Å²) >= 11 is 0.908. The summed E-state index contributed by atoms with van der Waals surface area (Å²) in [5, 5.41) is 0.0990. The summed E-state index contributed by atoms with van der Waals surface area (Å²) < 4.78 is 9.60. The van der Waals surface area contributed by atoms with Gasteiger partial charge in [-0.25, -0.2) is 9.59 Å². The molecular weight excluding hydrogens is 324 g/mol. The summed E-state index contributed by atoms with van der Waals surface area (Å²) in [5.41, 5.74) is -0.208. The van der Waals surface area contributed by atoms with Gasteiger partial charge in [-0.15, -0.1) is 0 Å². The number of hydrogen-bond donors (Lipinski definition) is 1. The van der Waals surface area contributed by atoms with Gasteiger partial charge in [-0.05, 0) is 20.8 Å². The molecule has 23 heavy (non-hydrogen) atoms. The largest absolute Gasteiger partial charge is 0.466 e. The third kappa shape index (κ3) is 5.85. The predicted octanol–water partition coefficient (Wildman–Crippen LogP) is 0.869. The van der Waals surface area contributed by atoms with Crippen LogP contribution in [-0.4, -0.2) is 46.7 Å². The Morgan fingerprint density at radius 3 is 2.43 bits per heavy atom. The van der Waals surface area contributed by atoms with E-state index in [2.05, 4.69) is 14.7 Å². The number of carbonyl (C=O) groups excluding carboxylic acids is 3. The molecule has 0 amide bonds. The molecule has 1 aromatic heterocycles. The van der Waals surface area contributed by atoms with Gasteiger partial charge in [0.25, 0.3) is 0 Å². The van der Waals surface area contributed by atoms with Crippen LogP contribution in [0.15, 0.2) is 9.82 Å². The number of ether oxygens (including phenoxy) is 2. The third-order valence-corrected chi connectivity index (χ3v) is 3.62. The quantitative estimate of drug-likeness (QED) is 0.320. The maximum Gasteiger partial charge on any atom is 0.346 e. The molecule has 0 spiro atoms. The van der Waals surface area contributed by atoms with E-state index in [-0.39, 0.29) is 41.8 Å². The van der Waals surface area contributed by atoms with Crippen LogP contribution in [0.1, 0.15) is 36.3 Å². The molecule has 1 aromatic rings. The number of thioether (sulfide) groups is 1. The zero-order chi connectivity index (χ0) is 17.4. The minimum Gasteiger partial charge on any atom is -0.466 e. The van der Waals surface area contributed by atoms with E-state index in [0.717, 1.165) is 11.8 Å². The predicted molar refractivity (Wildman–Crippen MR) is 82.5 cm³/mol. The Morgan fingerprint density at radius 2 is 1.83 bits per heavy atom. The summed E-state index contributed by atoms with van der Waals surface area (Å²) in [6, 6.07) is 0. The fourth-order valence-electron chi connectivity index (χ4n) is 1.68. The van der Waals surface area contributed by atoms with Crippen LogP contribution >= 0.6 is 11.8 Å². The van der Waals surface area contributed by atoms with Gasteiger partial charge in [0.2, 0.25) is 0 Å². The lowest BCUT2D eigenvalue weighted by Crippen LogP contribution is -2.20. The van der Waals surface area contributed by atoms with Gasteiger partial charge in [-0.1, -0.05) is 11.8 Å². The van der Waals surface area contributed by atoms with Crippen LogP contribution in [0.2, 0.25) is 0 Å². The molecule has 0 saturated heterocycles. The number of nitrogens with one attached hydrogen (secondary N) is 1. The Bertz CT molecular complexity index is 655. The number of aromatic amines is 1. The standard InChI is InChI=1S/C14H18N2O6S/c1-4-21-10(18)6-9(17)7-23-12-11(13(19)22-5-2)8(3)15-14(20)16-12/h4-7H2,1-3H3,(H,15,16,20). The molecule has 0 unspecified atom stereocenters. The van der Waals surface area contributed by atoms with Gasteiger partial charge in [-0.2, -0.15) is 4.98 Å². The van der Waals surface area contributed by atoms with Crippen LogP contribution < -0.4 is 5.69 Å². The van der Waals surface area contributed by atoms with Gasteiger partial charge in [0.15, 0.2) is 5.78 Å². The third-order valence-electron chi connectivity index (χ3n) is 2.58. The number of aryl methyl sites for hydroxylation is 1. The fourth-order valence-corrected chi connectivity index (χ4v) is 2.61. The maximum absolute atomic E-state index is 11.9. The van der Waals surface area contributed by atoms with E-state index in [4.69, 9.17) is 4.74 Å². The van der Waals surface area contributed by atoms with E-state index in [1.807, 2.05) is 0 Å². The number of aromatic nitrogens is 2. The van der Waals surface area contributed by atoms with Crippen LogP contribution in [-0.2, 0) is 19.1 Å². The highest BCUT2D eigenvalue weighted by Gasteiger charge is 2.20. The summed E-state index contributed by atoms with van der Waals surface area (Å²) in [4.78, 5) is 52.5. The van der Waals surface area contributed by atoms with E-state index in [1.54, 1.807) is 20.8 Å². The Labute approximate surface area is 137 Å². The van der Waals surface area contributed by atoms with Crippen molar-refractivity contribution in [3.63, 3.8) is 0 Å². The molecule has 0 saturated carbocycles. The number of Topliss-reactive ketones (excluding diaryl/α,β-unsaturated/α-hetero) is 1. The highest BCUT2D eigenvalue weighted by Crippen LogP contribution is 2.22. The van der Waals surface area contributed by atoms with Crippen LogP contribution in [0.3, 0.4) is 0 Å². The van der Waals surface area contributed by atoms with Crippen LogP contribution in [0.5, 0.6) is 0 Å². The summed E-state index contributed by atoms with van der Waals surface area (Å²) in [6.07, 6.45) is -0.363. The zero-order valence-electron chi connectivity index (χ0n) is 13.1. The normalized spacial score (nSPS) is 10.2. The smallest absolute Gasteiger partial charge is 0.346 e. The van der Waals surface area contributed by atoms with Crippen molar-refractivity contribution >= 4 is 29.5 Å². The molecule has 0 bridgehead atoms. The van der Waals surface area contributed by atoms with Crippen molar-refractivity contribution in [2.75, 3.05) is 19.0 Å². The van der Waals surface area contributed by atoms with Gasteiger partial charge in [-0.3, -0.25) is 9.59 Å². The van der Waals surface area contributed by atoms with Crippen LogP contribution in [0.4, 0.5) is 0 Å². The number of H-pyrrole nitrogens is 1. The number of nitrogens with zero attached hydrogens (tertiary/aromatic N) is 1. The second-order valence-corrected chi connectivity index (χ2v) is 5.34. The highest BCUT2D eigenvalue weighted by molar-refractivity contribution is 8.00. The van der Waals surface area contributed by atoms with Crippen molar-refractivity contribution in [2.45, 2.75) is 32.2 Å². The van der Waals surface area contributed by atoms with E-state index < -0.39 is 17.6 Å². The van der Waals surface area contributed by atoms with Gasteiger partial charge < -0.3 is 14.5 Å². The van der Waals surface area contributed by atoms with Crippen molar-refractivity contribution in [1.82, 2.24) is 9.97 Å². The zero-order valence-corrected chi connectivity index (χ0v) is 13.9. The van der Waals surface area contributed by atoms with Crippen molar-refractivity contribution < 1.29 is 23.9 Å². The molecule has 0 aliphatic heterocycles. The molecule has 0 atom stereocenters. The first-order chi connectivity index (χ1) is 10.9. The summed E-state index contributed by atoms with van der Waals surface area (Å²) in [5.74, 6) is -1.74. The molecule has 0 radical (unpaired) electrons. The van der Waals surface area contributed by atoms with Crippen molar-refractivity contribution in [2.24, 2.45) is 0 Å². The molecular formula is C14H18N2O6S. The SMILES string of the molecule is CCOC(=O)CC(=O)CSc1nc(=O)[nH]c(C)c1C(=O)OCC. The molecule has 126 valence electrons. The second kappa shape index (κ2) is 9.09. The molecule has 1 rings (SSSR count). The fraction of sp³-hybridized carbons (Fsp3) is 0.500. The Morgan fingerprint density at radius 1 is 1.17 bits per heavy atom. The molecule has 0 aromatic carbocycles. The van der Waals surface area contributed by atoms with Crippen molar-refractivity contribution in [3.8, 4) is 0 Å². The number of hydrogen-bond acceptors (Lipinski definition) is 8. The average Bonchev–Trinajstić information content (AvgIpc) is 2.44. The molecule has 0 fully saturated rings. The molecule has 9 heteroatoms. The minimum absolute atomic E-state index is 0.0990. The lowest BCUT2D eigenvalue weighted by molar-refractivity contribution is -0.145. The molecule has 0 aliphatic rings. The summed E-state index contributed by atoms with van der Waals surface area (Å²) in [7, 11) is 0. The van der Waals surface area contributed by atoms with Gasteiger partial charge >= 0.3 is 17.6 Å². The van der Waals surface area contributed by atoms with E-state index in [0.29, 0.717) is 5.69 Å². The van der Waals surface area contributed by atoms with Gasteiger partial charge in [0, 0.05) is 5.69 Å². The molecule has 8 nitrogen and oxygen atoms in total. The van der Waals surface area contributed by atoms with Gasteiger partial charge in [0.1, 0.15) is 17.0 Å². The summed E-state index contributed by atoms with van der Waals surface area (Å²) in [6.45, 7) is 5.21. The Balaban J connectivity index is 2.87. The Hall–Kier alpha value is -2.16. The lowest BCUT2D eigenvalue weighted by atomic mass is 10.2. The monoisotopic (exact) mass is 342 g/mol. The number of ketones is 1. The molecule has 1 heterocycles. The lowest BCUT2D eigenvalue weighted by Gasteiger charge is -2.09. The van der Waals surface area contributed by atoms with Crippen molar-refractivity contribution in [1.29, 1.82) is 0 Å². The topological polar surface area (TPSA) is 115 Å². The average molecular weight is 342 g/mol. The number of esters is 2. The first kappa shape index (κ1) is 18.9. The minimum atomic E-state index is -0.630. The number of rotatable bonds is 8. The van der Waals surface area contributed by atoms with E-state index in [1.165, 1.54) is 0 Å². The number of carbonyl (C=O) groups is 3. The highest BCUT2D eigenvalue weighted by atomic mass is 32.2. The Kier molecular flexibility index (Phi) is 7.46. The van der Waals surface area contributed by atoms with E-state index >= 15 is 0 Å². The first-order valence-electron chi connectivity index (χ1n) is 6.97. The second-order valence-electron chi connectivity index (χ2n) is 4.38. The van der Waals surface area contributed by atoms with Crippen molar-refractivity contribution in [3.05, 3.63) is 21.7 Å². The first-order valence-corrected chi connectivity index (χ1v) is 7.95.